The monoisotopic (exact) mass is 295 g/mol. The van der Waals surface area contributed by atoms with Crippen LogP contribution in [0.25, 0.3) is 0 Å². The van der Waals surface area contributed by atoms with Crippen LogP contribution in [0.15, 0.2) is 12.3 Å². The number of carbonyl (C=O) groups excluding carboxylic acids is 1. The van der Waals surface area contributed by atoms with Crippen LogP contribution in [0.5, 0.6) is 0 Å². The second kappa shape index (κ2) is 6.85. The molecule has 2 rings (SSSR count). The Bertz CT molecular complexity index is 500. The summed E-state index contributed by atoms with van der Waals surface area (Å²) in [6.07, 6.45) is 1.98. The predicted octanol–water partition coefficient (Wildman–Crippen LogP) is 2.29. The number of halogens is 1. The summed E-state index contributed by atoms with van der Waals surface area (Å²) >= 11 is 0. The van der Waals surface area contributed by atoms with Crippen molar-refractivity contribution < 1.29 is 13.9 Å². The molecule has 1 fully saturated rings. The van der Waals surface area contributed by atoms with E-state index < -0.39 is 5.82 Å². The number of nitrogens with zero attached hydrogens (tertiary/aromatic N) is 2. The number of anilines is 1. The van der Waals surface area contributed by atoms with Crippen LogP contribution in [0, 0.1) is 5.82 Å². The van der Waals surface area contributed by atoms with Crippen LogP contribution in [-0.4, -0.2) is 47.6 Å². The van der Waals surface area contributed by atoms with Crippen molar-refractivity contribution in [3.63, 3.8) is 0 Å². The molecule has 1 N–H and O–H groups in total. The average molecular weight is 295 g/mol. The number of aromatic nitrogens is 1. The maximum absolute atomic E-state index is 13.5. The molecule has 116 valence electrons. The Kier molecular flexibility index (Phi) is 5.12. The van der Waals surface area contributed by atoms with Crippen molar-refractivity contribution in [2.45, 2.75) is 39.4 Å². The van der Waals surface area contributed by atoms with E-state index in [1.165, 1.54) is 6.07 Å². The van der Waals surface area contributed by atoms with E-state index in [9.17, 15) is 9.18 Å². The quantitative estimate of drug-likeness (QED) is 0.926. The third-order valence-corrected chi connectivity index (χ3v) is 3.33. The second-order valence-corrected chi connectivity index (χ2v) is 5.44. The first kappa shape index (κ1) is 15.7. The molecular weight excluding hydrogens is 273 g/mol. The number of hydrogen-bond donors (Lipinski definition) is 1. The van der Waals surface area contributed by atoms with E-state index in [0.717, 1.165) is 12.6 Å². The van der Waals surface area contributed by atoms with Gasteiger partial charge in [0, 0.05) is 19.6 Å². The highest BCUT2D eigenvalue weighted by Gasteiger charge is 2.28. The molecule has 0 radical (unpaired) electrons. The molecule has 1 aromatic heterocycles. The minimum Gasteiger partial charge on any atom is -0.372 e. The zero-order valence-electron chi connectivity index (χ0n) is 12.7. The van der Waals surface area contributed by atoms with Crippen LogP contribution in [0.4, 0.5) is 10.2 Å². The first-order valence-electron chi connectivity index (χ1n) is 7.35. The van der Waals surface area contributed by atoms with Gasteiger partial charge in [-0.2, -0.15) is 0 Å². The number of morpholine rings is 1. The maximum Gasteiger partial charge on any atom is 0.257 e. The van der Waals surface area contributed by atoms with Crippen molar-refractivity contribution in [3.8, 4) is 0 Å². The summed E-state index contributed by atoms with van der Waals surface area (Å²) < 4.78 is 19.1. The molecule has 2 heterocycles. The van der Waals surface area contributed by atoms with E-state index in [-0.39, 0.29) is 23.7 Å². The number of carbonyl (C=O) groups is 1. The number of hydrogen-bond acceptors (Lipinski definition) is 4. The lowest BCUT2D eigenvalue weighted by Crippen LogP contribution is -2.48. The molecule has 2 atom stereocenters. The fraction of sp³-hybridized carbons (Fsp3) is 0.600. The zero-order chi connectivity index (χ0) is 15.4. The number of rotatable bonds is 4. The Morgan fingerprint density at radius 1 is 1.48 bits per heavy atom. The van der Waals surface area contributed by atoms with Gasteiger partial charge in [0.05, 0.1) is 24.0 Å². The van der Waals surface area contributed by atoms with Crippen LogP contribution >= 0.6 is 0 Å². The van der Waals surface area contributed by atoms with Gasteiger partial charge in [0.2, 0.25) is 0 Å². The fourth-order valence-corrected chi connectivity index (χ4v) is 2.50. The van der Waals surface area contributed by atoms with E-state index in [1.807, 2.05) is 20.8 Å². The molecule has 1 aliphatic heterocycles. The SMILES string of the molecule is CCCNc1ncc(F)cc1C(=O)N1CC(C)OC(C)C1. The Labute approximate surface area is 124 Å². The standard InChI is InChI=1S/C15H22FN3O2/c1-4-5-17-14-13(6-12(16)7-18-14)15(20)19-8-10(2)21-11(3)9-19/h6-7,10-11H,4-5,8-9H2,1-3H3,(H,17,18). The van der Waals surface area contributed by atoms with Gasteiger partial charge in [-0.3, -0.25) is 4.79 Å². The molecule has 21 heavy (non-hydrogen) atoms. The zero-order valence-corrected chi connectivity index (χ0v) is 12.7. The van der Waals surface area contributed by atoms with Gasteiger partial charge in [0.15, 0.2) is 0 Å². The average Bonchev–Trinajstić information content (AvgIpc) is 2.44. The highest BCUT2D eigenvalue weighted by molar-refractivity contribution is 5.98. The molecule has 1 aromatic rings. The van der Waals surface area contributed by atoms with Crippen molar-refractivity contribution in [1.82, 2.24) is 9.88 Å². The van der Waals surface area contributed by atoms with Gasteiger partial charge < -0.3 is 15.0 Å². The van der Waals surface area contributed by atoms with Crippen LogP contribution in [0.2, 0.25) is 0 Å². The third kappa shape index (κ3) is 3.91. The summed E-state index contributed by atoms with van der Waals surface area (Å²) in [4.78, 5) is 18.4. The molecule has 1 aliphatic rings. The van der Waals surface area contributed by atoms with Gasteiger partial charge in [-0.25, -0.2) is 9.37 Å². The largest absolute Gasteiger partial charge is 0.372 e. The lowest BCUT2D eigenvalue weighted by Gasteiger charge is -2.35. The van der Waals surface area contributed by atoms with Crippen molar-refractivity contribution in [1.29, 1.82) is 0 Å². The van der Waals surface area contributed by atoms with E-state index in [0.29, 0.717) is 25.5 Å². The topological polar surface area (TPSA) is 54.5 Å². The molecule has 2 unspecified atom stereocenters. The van der Waals surface area contributed by atoms with Crippen molar-refractivity contribution >= 4 is 11.7 Å². The summed E-state index contributed by atoms with van der Waals surface area (Å²) in [6, 6.07) is 1.25. The second-order valence-electron chi connectivity index (χ2n) is 5.44. The van der Waals surface area contributed by atoms with Gasteiger partial charge in [0.25, 0.3) is 5.91 Å². The first-order valence-corrected chi connectivity index (χ1v) is 7.35. The minimum absolute atomic E-state index is 0.0220. The molecule has 0 spiro atoms. The van der Waals surface area contributed by atoms with Crippen LogP contribution in [0.3, 0.4) is 0 Å². The maximum atomic E-state index is 13.5. The van der Waals surface area contributed by atoms with Crippen LogP contribution in [-0.2, 0) is 4.74 Å². The number of nitrogens with one attached hydrogen (secondary N) is 1. The van der Waals surface area contributed by atoms with E-state index >= 15 is 0 Å². The third-order valence-electron chi connectivity index (χ3n) is 3.33. The minimum atomic E-state index is -0.505. The molecular formula is C15H22FN3O2. The molecule has 0 saturated carbocycles. The molecule has 5 nitrogen and oxygen atoms in total. The number of pyridine rings is 1. The molecule has 6 heteroatoms. The fourth-order valence-electron chi connectivity index (χ4n) is 2.50. The summed E-state index contributed by atoms with van der Waals surface area (Å²) in [7, 11) is 0. The van der Waals surface area contributed by atoms with E-state index in [1.54, 1.807) is 4.90 Å². The number of ether oxygens (including phenoxy) is 1. The Morgan fingerprint density at radius 3 is 2.76 bits per heavy atom. The molecule has 0 aliphatic carbocycles. The highest BCUT2D eigenvalue weighted by Crippen LogP contribution is 2.19. The Hall–Kier alpha value is -1.69. The van der Waals surface area contributed by atoms with Gasteiger partial charge in [-0.15, -0.1) is 0 Å². The smallest absolute Gasteiger partial charge is 0.257 e. The summed E-state index contributed by atoms with van der Waals surface area (Å²) in [5, 5.41) is 3.08. The Morgan fingerprint density at radius 2 is 2.14 bits per heavy atom. The van der Waals surface area contributed by atoms with Crippen molar-refractivity contribution in [3.05, 3.63) is 23.6 Å². The predicted molar refractivity (Wildman–Crippen MR) is 78.9 cm³/mol. The Balaban J connectivity index is 2.22. The van der Waals surface area contributed by atoms with Crippen molar-refractivity contribution in [2.75, 3.05) is 25.0 Å². The highest BCUT2D eigenvalue weighted by atomic mass is 19.1. The normalized spacial score (nSPS) is 22.2. The van der Waals surface area contributed by atoms with Gasteiger partial charge in [-0.1, -0.05) is 6.92 Å². The van der Waals surface area contributed by atoms with E-state index in [4.69, 9.17) is 4.74 Å². The molecule has 0 aromatic carbocycles. The molecule has 1 saturated heterocycles. The van der Waals surface area contributed by atoms with E-state index in [2.05, 4.69) is 10.3 Å². The molecule has 0 bridgehead atoms. The van der Waals surface area contributed by atoms with Gasteiger partial charge in [-0.05, 0) is 26.3 Å². The summed E-state index contributed by atoms with van der Waals surface area (Å²) in [5.41, 5.74) is 0.282. The lowest BCUT2D eigenvalue weighted by atomic mass is 10.1. The lowest BCUT2D eigenvalue weighted by molar-refractivity contribution is -0.0586. The summed E-state index contributed by atoms with van der Waals surface area (Å²) in [5.74, 6) is -0.271. The van der Waals surface area contributed by atoms with Crippen molar-refractivity contribution in [2.24, 2.45) is 0 Å². The number of amides is 1. The summed E-state index contributed by atoms with van der Waals surface area (Å²) in [6.45, 7) is 7.57. The van der Waals surface area contributed by atoms with Gasteiger partial charge in [0.1, 0.15) is 11.6 Å². The molecule has 1 amide bonds. The first-order chi connectivity index (χ1) is 10.0. The van der Waals surface area contributed by atoms with Crippen LogP contribution in [0.1, 0.15) is 37.6 Å². The van der Waals surface area contributed by atoms with Crippen LogP contribution < -0.4 is 5.32 Å². The van der Waals surface area contributed by atoms with Gasteiger partial charge >= 0.3 is 0 Å².